The maximum atomic E-state index is 12.4. The van der Waals surface area contributed by atoms with Gasteiger partial charge < -0.3 is 4.74 Å². The van der Waals surface area contributed by atoms with E-state index in [-0.39, 0.29) is 5.56 Å². The zero-order chi connectivity index (χ0) is 13.2. The van der Waals surface area contributed by atoms with E-state index in [1.54, 1.807) is 19.4 Å². The van der Waals surface area contributed by atoms with E-state index >= 15 is 0 Å². The molecule has 0 aliphatic carbocycles. The number of aromatic nitrogens is 2. The maximum absolute atomic E-state index is 12.4. The molecule has 0 atom stereocenters. The van der Waals surface area contributed by atoms with E-state index in [0.717, 1.165) is 11.1 Å². The molecule has 0 saturated carbocycles. The Kier molecular flexibility index (Phi) is 2.76. The fourth-order valence-corrected chi connectivity index (χ4v) is 2.00. The van der Waals surface area contributed by atoms with Crippen molar-refractivity contribution in [2.75, 3.05) is 7.11 Å². The summed E-state index contributed by atoms with van der Waals surface area (Å²) in [5.74, 6) is 0.662. The zero-order valence-corrected chi connectivity index (χ0v) is 10.4. The second-order valence-electron chi connectivity index (χ2n) is 4.15. The lowest BCUT2D eigenvalue weighted by Gasteiger charge is -2.06. The number of methoxy groups -OCH3 is 1. The topological polar surface area (TPSA) is 44.1 Å². The lowest BCUT2D eigenvalue weighted by molar-refractivity contribution is 0.415. The molecule has 0 bridgehead atoms. The molecule has 2 aromatic carbocycles. The lowest BCUT2D eigenvalue weighted by Crippen LogP contribution is -2.20. The van der Waals surface area contributed by atoms with Crippen molar-refractivity contribution in [1.29, 1.82) is 0 Å². The molecule has 0 aliphatic rings. The highest BCUT2D eigenvalue weighted by Crippen LogP contribution is 2.17. The fraction of sp³-hybridized carbons (Fsp3) is 0.0667. The van der Waals surface area contributed by atoms with Gasteiger partial charge >= 0.3 is 0 Å². The molecule has 3 aromatic rings. The summed E-state index contributed by atoms with van der Waals surface area (Å²) in [5, 5.41) is 5.59. The molecule has 0 amide bonds. The van der Waals surface area contributed by atoms with Crippen LogP contribution in [0.25, 0.3) is 16.5 Å². The molecule has 0 unspecified atom stereocenters. The first-order valence-electron chi connectivity index (χ1n) is 5.91. The van der Waals surface area contributed by atoms with Gasteiger partial charge in [-0.25, -0.2) is 0 Å². The fourth-order valence-electron chi connectivity index (χ4n) is 2.00. The number of fused-ring (bicyclic) bond motifs is 1. The molecule has 19 heavy (non-hydrogen) atoms. The molecule has 3 rings (SSSR count). The molecular formula is C15H12N2O2. The van der Waals surface area contributed by atoms with Crippen molar-refractivity contribution in [3.05, 3.63) is 65.1 Å². The van der Waals surface area contributed by atoms with Gasteiger partial charge in [-0.05, 0) is 30.3 Å². The second kappa shape index (κ2) is 4.57. The summed E-state index contributed by atoms with van der Waals surface area (Å²) in [4.78, 5) is 12.4. The quantitative estimate of drug-likeness (QED) is 0.703. The highest BCUT2D eigenvalue weighted by atomic mass is 16.5. The van der Waals surface area contributed by atoms with E-state index in [2.05, 4.69) is 5.10 Å². The van der Waals surface area contributed by atoms with Crippen molar-refractivity contribution < 1.29 is 4.74 Å². The first-order chi connectivity index (χ1) is 9.29. The molecule has 0 saturated heterocycles. The number of nitrogens with zero attached hydrogens (tertiary/aromatic N) is 2. The van der Waals surface area contributed by atoms with Gasteiger partial charge in [0.1, 0.15) is 5.75 Å². The Morgan fingerprint density at radius 1 is 1.11 bits per heavy atom. The van der Waals surface area contributed by atoms with Crippen LogP contribution in [0.2, 0.25) is 0 Å². The number of benzene rings is 2. The average molecular weight is 252 g/mol. The van der Waals surface area contributed by atoms with Crippen LogP contribution >= 0.6 is 0 Å². The van der Waals surface area contributed by atoms with Crippen LogP contribution in [0.4, 0.5) is 0 Å². The van der Waals surface area contributed by atoms with Crippen LogP contribution in [0.5, 0.6) is 5.75 Å². The van der Waals surface area contributed by atoms with Crippen molar-refractivity contribution in [2.45, 2.75) is 0 Å². The summed E-state index contributed by atoms with van der Waals surface area (Å²) in [5.41, 5.74) is 0.597. The van der Waals surface area contributed by atoms with Gasteiger partial charge in [0.15, 0.2) is 0 Å². The van der Waals surface area contributed by atoms with Crippen LogP contribution in [0.3, 0.4) is 0 Å². The Morgan fingerprint density at radius 2 is 1.89 bits per heavy atom. The Hall–Kier alpha value is -2.62. The van der Waals surface area contributed by atoms with E-state index in [4.69, 9.17) is 4.74 Å². The van der Waals surface area contributed by atoms with Gasteiger partial charge in [0.05, 0.1) is 24.4 Å². The number of hydrogen-bond acceptors (Lipinski definition) is 3. The van der Waals surface area contributed by atoms with E-state index < -0.39 is 0 Å². The van der Waals surface area contributed by atoms with Gasteiger partial charge in [-0.15, -0.1) is 0 Å². The van der Waals surface area contributed by atoms with Crippen molar-refractivity contribution >= 4 is 10.8 Å². The number of ether oxygens (including phenoxy) is 1. The molecule has 0 aliphatic heterocycles. The minimum atomic E-state index is -0.150. The monoisotopic (exact) mass is 252 g/mol. The third-order valence-electron chi connectivity index (χ3n) is 3.00. The third-order valence-corrected chi connectivity index (χ3v) is 3.00. The molecule has 0 N–H and O–H groups in total. The Morgan fingerprint density at radius 3 is 2.63 bits per heavy atom. The Labute approximate surface area is 109 Å². The van der Waals surface area contributed by atoms with Gasteiger partial charge in [0.25, 0.3) is 5.56 Å². The largest absolute Gasteiger partial charge is 0.497 e. The summed E-state index contributed by atoms with van der Waals surface area (Å²) in [6, 6.07) is 14.7. The van der Waals surface area contributed by atoms with Crippen LogP contribution in [-0.4, -0.2) is 16.9 Å². The zero-order valence-electron chi connectivity index (χ0n) is 10.4. The van der Waals surface area contributed by atoms with Gasteiger partial charge in [-0.3, -0.25) is 4.79 Å². The molecule has 0 radical (unpaired) electrons. The highest BCUT2D eigenvalue weighted by Gasteiger charge is 2.06. The predicted octanol–water partition coefficient (Wildman–Crippen LogP) is 2.39. The summed E-state index contributed by atoms with van der Waals surface area (Å²) in [7, 11) is 1.58. The molecular weight excluding hydrogens is 240 g/mol. The van der Waals surface area contributed by atoms with Crippen molar-refractivity contribution in [3.8, 4) is 11.4 Å². The van der Waals surface area contributed by atoms with Crippen LogP contribution in [0.1, 0.15) is 0 Å². The van der Waals surface area contributed by atoms with E-state index in [9.17, 15) is 4.79 Å². The van der Waals surface area contributed by atoms with Crippen molar-refractivity contribution in [2.24, 2.45) is 0 Å². The second-order valence-corrected chi connectivity index (χ2v) is 4.15. The average Bonchev–Trinajstić information content (AvgIpc) is 2.48. The lowest BCUT2D eigenvalue weighted by atomic mass is 10.2. The van der Waals surface area contributed by atoms with Gasteiger partial charge in [0, 0.05) is 5.39 Å². The molecule has 1 heterocycles. The van der Waals surface area contributed by atoms with E-state index in [1.165, 1.54) is 4.68 Å². The van der Waals surface area contributed by atoms with Gasteiger partial charge in [0.2, 0.25) is 0 Å². The summed E-state index contributed by atoms with van der Waals surface area (Å²) in [6.45, 7) is 0. The van der Waals surface area contributed by atoms with Crippen molar-refractivity contribution in [1.82, 2.24) is 9.78 Å². The Bertz CT molecular complexity index is 779. The summed E-state index contributed by atoms with van der Waals surface area (Å²) in [6.07, 6.45) is 1.68. The third kappa shape index (κ3) is 1.97. The van der Waals surface area contributed by atoms with E-state index in [1.807, 2.05) is 42.5 Å². The number of para-hydroxylation sites is 1. The molecule has 4 heteroatoms. The molecule has 4 nitrogen and oxygen atoms in total. The van der Waals surface area contributed by atoms with Gasteiger partial charge in [-0.1, -0.05) is 18.2 Å². The predicted molar refractivity (Wildman–Crippen MR) is 73.9 cm³/mol. The first kappa shape index (κ1) is 11.5. The normalized spacial score (nSPS) is 10.6. The molecule has 0 fully saturated rings. The standard InChI is InChI=1S/C15H12N2O2/c1-19-13-8-7-11-10-16-17(15(18)14(11)9-13)12-5-3-2-4-6-12/h2-10H,1H3. The Balaban J connectivity index is 2.29. The first-order valence-corrected chi connectivity index (χ1v) is 5.91. The smallest absolute Gasteiger partial charge is 0.279 e. The summed E-state index contributed by atoms with van der Waals surface area (Å²) < 4.78 is 6.54. The van der Waals surface area contributed by atoms with Crippen LogP contribution in [0, 0.1) is 0 Å². The van der Waals surface area contributed by atoms with Gasteiger partial charge in [-0.2, -0.15) is 9.78 Å². The van der Waals surface area contributed by atoms with Crippen LogP contribution in [0.15, 0.2) is 59.5 Å². The SMILES string of the molecule is COc1ccc2cnn(-c3ccccc3)c(=O)c2c1. The van der Waals surface area contributed by atoms with E-state index in [0.29, 0.717) is 11.1 Å². The summed E-state index contributed by atoms with van der Waals surface area (Å²) >= 11 is 0. The van der Waals surface area contributed by atoms with Crippen LogP contribution < -0.4 is 10.3 Å². The highest BCUT2D eigenvalue weighted by molar-refractivity contribution is 5.82. The minimum absolute atomic E-state index is 0.150. The minimum Gasteiger partial charge on any atom is -0.497 e. The maximum Gasteiger partial charge on any atom is 0.279 e. The molecule has 1 aromatic heterocycles. The molecule has 0 spiro atoms. The van der Waals surface area contributed by atoms with Crippen LogP contribution in [-0.2, 0) is 0 Å². The van der Waals surface area contributed by atoms with Crippen molar-refractivity contribution in [3.63, 3.8) is 0 Å². The number of rotatable bonds is 2. The number of hydrogen-bond donors (Lipinski definition) is 0. The molecule has 94 valence electrons.